The highest BCUT2D eigenvalue weighted by Crippen LogP contribution is 2.09. The smallest absolute Gasteiger partial charge is 0.414 e. The molecule has 0 bridgehead atoms. The summed E-state index contributed by atoms with van der Waals surface area (Å²) in [5.74, 6) is -3.75. The minimum Gasteiger partial charge on any atom is -0.473 e. The molecule has 1 aromatic carbocycles. The molecule has 1 unspecified atom stereocenters. The molecule has 5 N–H and O–H groups in total. The van der Waals surface area contributed by atoms with Crippen molar-refractivity contribution in [2.75, 3.05) is 18.4 Å². The van der Waals surface area contributed by atoms with Crippen molar-refractivity contribution in [3.63, 3.8) is 0 Å². The van der Waals surface area contributed by atoms with Gasteiger partial charge in [-0.3, -0.25) is 4.79 Å². The molecule has 0 saturated heterocycles. The molecule has 0 heterocycles. The molecular weight excluding hydrogens is 304 g/mol. The molecule has 1 rings (SSSR count). The Morgan fingerprint density at radius 3 is 2.00 bits per heavy atom. The van der Waals surface area contributed by atoms with Crippen LogP contribution in [0.3, 0.4) is 0 Å². The lowest BCUT2D eigenvalue weighted by molar-refractivity contribution is -0.159. The summed E-state index contributed by atoms with van der Waals surface area (Å²) in [6, 6.07) is 7.79. The van der Waals surface area contributed by atoms with E-state index in [9.17, 15) is 4.79 Å². The maximum atomic E-state index is 11.5. The number of nitrogens with one attached hydrogen (secondary N) is 2. The van der Waals surface area contributed by atoms with Crippen LogP contribution in [-0.4, -0.2) is 52.4 Å². The van der Waals surface area contributed by atoms with Gasteiger partial charge in [-0.05, 0) is 31.0 Å². The van der Waals surface area contributed by atoms with Gasteiger partial charge < -0.3 is 26.0 Å². The monoisotopic (exact) mass is 326 g/mol. The van der Waals surface area contributed by atoms with Crippen LogP contribution in [0.2, 0.25) is 0 Å². The highest BCUT2D eigenvalue weighted by Gasteiger charge is 2.04. The van der Waals surface area contributed by atoms with Gasteiger partial charge in [0, 0.05) is 12.2 Å². The minimum atomic E-state index is -1.82. The van der Waals surface area contributed by atoms with Crippen molar-refractivity contribution < 1.29 is 29.7 Å². The average molecular weight is 326 g/mol. The third kappa shape index (κ3) is 10.9. The molecule has 0 radical (unpaired) electrons. The maximum absolute atomic E-state index is 11.5. The van der Waals surface area contributed by atoms with Gasteiger partial charge in [0.15, 0.2) is 0 Å². The first-order valence-corrected chi connectivity index (χ1v) is 7.00. The van der Waals surface area contributed by atoms with Crippen molar-refractivity contribution in [2.45, 2.75) is 26.4 Å². The first-order valence-electron chi connectivity index (χ1n) is 7.00. The molecule has 23 heavy (non-hydrogen) atoms. The molecule has 0 fully saturated rings. The van der Waals surface area contributed by atoms with E-state index in [0.717, 1.165) is 12.1 Å². The van der Waals surface area contributed by atoms with E-state index in [2.05, 4.69) is 17.6 Å². The van der Waals surface area contributed by atoms with Crippen molar-refractivity contribution >= 4 is 23.5 Å². The zero-order chi connectivity index (χ0) is 17.8. The van der Waals surface area contributed by atoms with Crippen LogP contribution >= 0.6 is 0 Å². The average Bonchev–Trinajstić information content (AvgIpc) is 2.48. The van der Waals surface area contributed by atoms with Crippen molar-refractivity contribution in [1.29, 1.82) is 0 Å². The number of anilines is 1. The zero-order valence-corrected chi connectivity index (χ0v) is 13.1. The molecule has 0 saturated carbocycles. The summed E-state index contributed by atoms with van der Waals surface area (Å²) in [7, 11) is 0. The molecule has 8 heteroatoms. The molecule has 0 spiro atoms. The number of aliphatic hydroxyl groups excluding tert-OH is 1. The summed E-state index contributed by atoms with van der Waals surface area (Å²) in [5.41, 5.74) is 2.04. The Labute approximate surface area is 134 Å². The Balaban J connectivity index is 0.000000688. The number of hydrogen-bond acceptors (Lipinski definition) is 5. The highest BCUT2D eigenvalue weighted by molar-refractivity contribution is 6.27. The number of aryl methyl sites for hydroxylation is 1. The molecule has 1 aromatic rings. The molecule has 1 atom stereocenters. The lowest BCUT2D eigenvalue weighted by atomic mass is 10.1. The van der Waals surface area contributed by atoms with Crippen LogP contribution < -0.4 is 10.6 Å². The van der Waals surface area contributed by atoms with Crippen LogP contribution in [0.15, 0.2) is 24.3 Å². The topological polar surface area (TPSA) is 136 Å². The van der Waals surface area contributed by atoms with Crippen LogP contribution in [0, 0.1) is 0 Å². The quantitative estimate of drug-likeness (QED) is 0.475. The summed E-state index contributed by atoms with van der Waals surface area (Å²) in [6.45, 7) is 4.39. The molecule has 0 aromatic heterocycles. The van der Waals surface area contributed by atoms with Crippen LogP contribution in [0.1, 0.15) is 19.4 Å². The van der Waals surface area contributed by atoms with E-state index >= 15 is 0 Å². The molecule has 0 aliphatic rings. The third-order valence-corrected chi connectivity index (χ3v) is 2.55. The van der Waals surface area contributed by atoms with Crippen molar-refractivity contribution in [3.05, 3.63) is 29.8 Å². The lowest BCUT2D eigenvalue weighted by Crippen LogP contribution is -2.32. The Bertz CT molecular complexity index is 501. The Hall–Kier alpha value is -2.45. The fourth-order valence-electron chi connectivity index (χ4n) is 1.42. The van der Waals surface area contributed by atoms with E-state index in [1.54, 1.807) is 6.92 Å². The standard InChI is InChI=1S/C13H20N2O2.C2H2O4/c1-3-11-4-6-12(7-5-11)15-13(17)9-14-8-10(2)16;3-1(4)2(5)6/h4-7,10,14,16H,3,8-9H2,1-2H3,(H,15,17);(H,3,4)(H,5,6). The molecular formula is C15H22N2O6. The number of rotatable bonds is 6. The van der Waals surface area contributed by atoms with Gasteiger partial charge in [-0.1, -0.05) is 19.1 Å². The normalized spacial score (nSPS) is 10.9. The summed E-state index contributed by atoms with van der Waals surface area (Å²) in [5, 5.41) is 29.5. The van der Waals surface area contributed by atoms with Crippen LogP contribution in [0.5, 0.6) is 0 Å². The Morgan fingerprint density at radius 2 is 1.61 bits per heavy atom. The minimum absolute atomic E-state index is 0.102. The number of carboxylic acid groups (broad SMARTS) is 2. The Kier molecular flexibility index (Phi) is 9.97. The fourth-order valence-corrected chi connectivity index (χ4v) is 1.42. The summed E-state index contributed by atoms with van der Waals surface area (Å²) in [4.78, 5) is 29.7. The molecule has 128 valence electrons. The van der Waals surface area contributed by atoms with Gasteiger partial charge in [-0.2, -0.15) is 0 Å². The molecule has 0 aliphatic carbocycles. The number of carboxylic acids is 2. The number of amides is 1. The second kappa shape index (κ2) is 11.2. The first-order chi connectivity index (χ1) is 10.8. The predicted molar refractivity (Wildman–Crippen MR) is 84.3 cm³/mol. The number of aliphatic hydroxyl groups is 1. The van der Waals surface area contributed by atoms with Crippen molar-refractivity contribution in [1.82, 2.24) is 5.32 Å². The summed E-state index contributed by atoms with van der Waals surface area (Å²) >= 11 is 0. The van der Waals surface area contributed by atoms with Crippen LogP contribution in [0.25, 0.3) is 0 Å². The Morgan fingerprint density at radius 1 is 1.09 bits per heavy atom. The van der Waals surface area contributed by atoms with Gasteiger partial charge >= 0.3 is 11.9 Å². The second-order valence-electron chi connectivity index (χ2n) is 4.69. The van der Waals surface area contributed by atoms with Crippen LogP contribution in [0.4, 0.5) is 5.69 Å². The zero-order valence-electron chi connectivity index (χ0n) is 13.1. The number of aliphatic carboxylic acids is 2. The van der Waals surface area contributed by atoms with E-state index in [4.69, 9.17) is 24.9 Å². The van der Waals surface area contributed by atoms with Gasteiger partial charge in [-0.25, -0.2) is 9.59 Å². The van der Waals surface area contributed by atoms with Gasteiger partial charge in [-0.15, -0.1) is 0 Å². The summed E-state index contributed by atoms with van der Waals surface area (Å²) in [6.07, 6.45) is 0.552. The van der Waals surface area contributed by atoms with E-state index < -0.39 is 18.0 Å². The third-order valence-electron chi connectivity index (χ3n) is 2.55. The molecule has 1 amide bonds. The second-order valence-corrected chi connectivity index (χ2v) is 4.69. The van der Waals surface area contributed by atoms with Gasteiger partial charge in [0.25, 0.3) is 0 Å². The largest absolute Gasteiger partial charge is 0.473 e. The number of hydrogen-bond donors (Lipinski definition) is 5. The molecule has 0 aliphatic heterocycles. The predicted octanol–water partition coefficient (Wildman–Crippen LogP) is 0.313. The highest BCUT2D eigenvalue weighted by atomic mass is 16.4. The van der Waals surface area contributed by atoms with E-state index in [1.807, 2.05) is 24.3 Å². The van der Waals surface area contributed by atoms with Gasteiger partial charge in [0.05, 0.1) is 12.6 Å². The number of carbonyl (C=O) groups is 3. The summed E-state index contributed by atoms with van der Waals surface area (Å²) < 4.78 is 0. The number of carbonyl (C=O) groups excluding carboxylic acids is 1. The van der Waals surface area contributed by atoms with E-state index in [-0.39, 0.29) is 12.5 Å². The van der Waals surface area contributed by atoms with E-state index in [0.29, 0.717) is 6.54 Å². The fraction of sp³-hybridized carbons (Fsp3) is 0.400. The van der Waals surface area contributed by atoms with Crippen LogP contribution in [-0.2, 0) is 20.8 Å². The maximum Gasteiger partial charge on any atom is 0.414 e. The van der Waals surface area contributed by atoms with Gasteiger partial charge in [0.2, 0.25) is 5.91 Å². The lowest BCUT2D eigenvalue weighted by Gasteiger charge is -2.08. The molecule has 8 nitrogen and oxygen atoms in total. The SMILES string of the molecule is CCc1ccc(NC(=O)CNCC(C)O)cc1.O=C(O)C(=O)O. The van der Waals surface area contributed by atoms with Crippen molar-refractivity contribution in [2.24, 2.45) is 0 Å². The first kappa shape index (κ1) is 20.6. The number of benzene rings is 1. The van der Waals surface area contributed by atoms with E-state index in [1.165, 1.54) is 5.56 Å². The van der Waals surface area contributed by atoms with Crippen molar-refractivity contribution in [3.8, 4) is 0 Å². The van der Waals surface area contributed by atoms with Gasteiger partial charge in [0.1, 0.15) is 0 Å².